The molecule has 2 heterocycles. The van der Waals surface area contributed by atoms with Crippen molar-refractivity contribution in [2.24, 2.45) is 0 Å². The lowest BCUT2D eigenvalue weighted by molar-refractivity contribution is 0.524. The van der Waals surface area contributed by atoms with Gasteiger partial charge in [0.05, 0.1) is 11.6 Å². The van der Waals surface area contributed by atoms with Gasteiger partial charge in [-0.15, -0.1) is 11.3 Å². The summed E-state index contributed by atoms with van der Waals surface area (Å²) in [7, 11) is 0. The fraction of sp³-hybridized carbons (Fsp3) is 0.385. The third-order valence-electron chi connectivity index (χ3n) is 3.10. The minimum absolute atomic E-state index is 0.148. The van der Waals surface area contributed by atoms with E-state index >= 15 is 0 Å². The van der Waals surface area contributed by atoms with Gasteiger partial charge in [0.2, 0.25) is 0 Å². The fourth-order valence-electron chi connectivity index (χ4n) is 2.14. The summed E-state index contributed by atoms with van der Waals surface area (Å²) in [6, 6.07) is 3.61. The molecule has 2 aromatic heterocycles. The summed E-state index contributed by atoms with van der Waals surface area (Å²) in [5.41, 5.74) is -0.291. The standard InChI is InChI=1S/C13H15ClN2O2S/c1-3-8-11(14)15-13(18)16(12(8)17)9(4-2)10-6-5-7-19-10/h5-7,9H,3-4H2,1-2H3,(H,15,18). The van der Waals surface area contributed by atoms with E-state index in [4.69, 9.17) is 11.6 Å². The molecule has 0 saturated heterocycles. The molecule has 0 aliphatic rings. The molecule has 0 aliphatic carbocycles. The molecular formula is C13H15ClN2O2S. The molecule has 1 N–H and O–H groups in total. The van der Waals surface area contributed by atoms with Crippen molar-refractivity contribution in [1.82, 2.24) is 9.55 Å². The number of hydrogen-bond donors (Lipinski definition) is 1. The van der Waals surface area contributed by atoms with Crippen LogP contribution in [0.3, 0.4) is 0 Å². The largest absolute Gasteiger partial charge is 0.330 e. The van der Waals surface area contributed by atoms with Crippen LogP contribution in [0.25, 0.3) is 0 Å². The Morgan fingerprint density at radius 3 is 2.68 bits per heavy atom. The van der Waals surface area contributed by atoms with E-state index in [2.05, 4.69) is 4.98 Å². The highest BCUT2D eigenvalue weighted by molar-refractivity contribution is 7.10. The van der Waals surface area contributed by atoms with E-state index in [0.717, 1.165) is 4.88 Å². The van der Waals surface area contributed by atoms with Crippen molar-refractivity contribution in [1.29, 1.82) is 0 Å². The molecule has 0 radical (unpaired) electrons. The molecular weight excluding hydrogens is 284 g/mol. The van der Waals surface area contributed by atoms with E-state index in [1.165, 1.54) is 4.57 Å². The quantitative estimate of drug-likeness (QED) is 0.883. The van der Waals surface area contributed by atoms with Crippen LogP contribution in [0.4, 0.5) is 0 Å². The number of aromatic nitrogens is 2. The first kappa shape index (κ1) is 14.1. The van der Waals surface area contributed by atoms with Crippen LogP contribution in [-0.2, 0) is 6.42 Å². The molecule has 0 aromatic carbocycles. The molecule has 0 bridgehead atoms. The van der Waals surface area contributed by atoms with E-state index in [-0.39, 0.29) is 16.8 Å². The monoisotopic (exact) mass is 298 g/mol. The lowest BCUT2D eigenvalue weighted by atomic mass is 10.1. The fourth-order valence-corrected chi connectivity index (χ4v) is 3.34. The van der Waals surface area contributed by atoms with Gasteiger partial charge in [0.15, 0.2) is 0 Å². The number of halogens is 1. The summed E-state index contributed by atoms with van der Waals surface area (Å²) in [4.78, 5) is 28.0. The summed E-state index contributed by atoms with van der Waals surface area (Å²) >= 11 is 7.45. The molecule has 0 spiro atoms. The lowest BCUT2D eigenvalue weighted by Gasteiger charge is -2.16. The van der Waals surface area contributed by atoms with Crippen LogP contribution in [0.5, 0.6) is 0 Å². The first-order valence-corrected chi connectivity index (χ1v) is 7.42. The van der Waals surface area contributed by atoms with Crippen molar-refractivity contribution < 1.29 is 0 Å². The van der Waals surface area contributed by atoms with E-state index < -0.39 is 5.69 Å². The summed E-state index contributed by atoms with van der Waals surface area (Å²) in [5, 5.41) is 2.09. The average Bonchev–Trinajstić information content (AvgIpc) is 2.88. The molecule has 2 aromatic rings. The summed E-state index contributed by atoms with van der Waals surface area (Å²) in [5.74, 6) is 0. The Morgan fingerprint density at radius 1 is 1.42 bits per heavy atom. The Hall–Kier alpha value is -1.33. The molecule has 0 fully saturated rings. The number of rotatable bonds is 4. The van der Waals surface area contributed by atoms with Gasteiger partial charge in [0.1, 0.15) is 5.15 Å². The molecule has 0 amide bonds. The molecule has 102 valence electrons. The highest BCUT2D eigenvalue weighted by Gasteiger charge is 2.20. The number of hydrogen-bond acceptors (Lipinski definition) is 3. The van der Waals surface area contributed by atoms with Gasteiger partial charge in [-0.25, -0.2) is 4.79 Å². The van der Waals surface area contributed by atoms with Gasteiger partial charge in [-0.1, -0.05) is 31.5 Å². The maximum Gasteiger partial charge on any atom is 0.330 e. The third kappa shape index (κ3) is 2.53. The van der Waals surface area contributed by atoms with Crippen molar-refractivity contribution in [2.45, 2.75) is 32.7 Å². The smallest absolute Gasteiger partial charge is 0.297 e. The van der Waals surface area contributed by atoms with Gasteiger partial charge in [-0.2, -0.15) is 0 Å². The number of H-pyrrole nitrogens is 1. The molecule has 4 nitrogen and oxygen atoms in total. The van der Waals surface area contributed by atoms with Crippen LogP contribution < -0.4 is 11.2 Å². The Labute approximate surface area is 119 Å². The Kier molecular flexibility index (Phi) is 4.27. The van der Waals surface area contributed by atoms with Gasteiger partial charge in [0.25, 0.3) is 5.56 Å². The van der Waals surface area contributed by atoms with Crippen LogP contribution >= 0.6 is 22.9 Å². The normalized spacial score (nSPS) is 12.6. The van der Waals surface area contributed by atoms with Crippen molar-refractivity contribution in [3.05, 3.63) is 53.9 Å². The van der Waals surface area contributed by atoms with Crippen LogP contribution in [-0.4, -0.2) is 9.55 Å². The average molecular weight is 299 g/mol. The van der Waals surface area contributed by atoms with Crippen molar-refractivity contribution in [2.75, 3.05) is 0 Å². The first-order chi connectivity index (χ1) is 9.10. The van der Waals surface area contributed by atoms with E-state index in [0.29, 0.717) is 18.4 Å². The van der Waals surface area contributed by atoms with Gasteiger partial charge < -0.3 is 0 Å². The van der Waals surface area contributed by atoms with Crippen molar-refractivity contribution in [3.63, 3.8) is 0 Å². The second kappa shape index (κ2) is 5.75. The van der Waals surface area contributed by atoms with Gasteiger partial charge in [-0.3, -0.25) is 14.3 Å². The molecule has 1 atom stereocenters. The zero-order chi connectivity index (χ0) is 14.0. The second-order valence-electron chi connectivity index (χ2n) is 4.19. The second-order valence-corrected chi connectivity index (χ2v) is 5.55. The number of thiophene rings is 1. The highest BCUT2D eigenvalue weighted by atomic mass is 35.5. The maximum absolute atomic E-state index is 12.4. The van der Waals surface area contributed by atoms with Crippen LogP contribution in [0.2, 0.25) is 5.15 Å². The SMILES string of the molecule is CCc1c(Cl)[nH]c(=O)n(C(CC)c2cccs2)c1=O. The predicted octanol–water partition coefficient (Wildman–Crippen LogP) is 2.81. The van der Waals surface area contributed by atoms with E-state index in [1.807, 2.05) is 31.4 Å². The highest BCUT2D eigenvalue weighted by Crippen LogP contribution is 2.24. The Bertz CT molecular complexity index is 673. The van der Waals surface area contributed by atoms with Gasteiger partial charge in [-0.05, 0) is 24.3 Å². The summed E-state index contributed by atoms with van der Waals surface area (Å²) < 4.78 is 1.27. The molecule has 0 aliphatic heterocycles. The Balaban J connectivity index is 2.68. The van der Waals surface area contributed by atoms with E-state index in [9.17, 15) is 9.59 Å². The summed E-state index contributed by atoms with van der Waals surface area (Å²) in [6.07, 6.45) is 1.17. The molecule has 19 heavy (non-hydrogen) atoms. The number of aromatic amines is 1. The molecule has 0 saturated carbocycles. The number of nitrogens with one attached hydrogen (secondary N) is 1. The minimum Gasteiger partial charge on any atom is -0.297 e. The summed E-state index contributed by atoms with van der Waals surface area (Å²) in [6.45, 7) is 3.80. The van der Waals surface area contributed by atoms with Gasteiger partial charge >= 0.3 is 5.69 Å². The lowest BCUT2D eigenvalue weighted by Crippen LogP contribution is -2.40. The Morgan fingerprint density at radius 2 is 2.16 bits per heavy atom. The van der Waals surface area contributed by atoms with Crippen molar-refractivity contribution in [3.8, 4) is 0 Å². The first-order valence-electron chi connectivity index (χ1n) is 6.16. The minimum atomic E-state index is -0.451. The zero-order valence-corrected chi connectivity index (χ0v) is 12.3. The molecule has 2 rings (SSSR count). The van der Waals surface area contributed by atoms with Crippen LogP contribution in [0, 0.1) is 0 Å². The molecule has 6 heteroatoms. The predicted molar refractivity (Wildman–Crippen MR) is 78.5 cm³/mol. The third-order valence-corrected chi connectivity index (χ3v) is 4.40. The topological polar surface area (TPSA) is 54.9 Å². The zero-order valence-electron chi connectivity index (χ0n) is 10.8. The van der Waals surface area contributed by atoms with Gasteiger partial charge in [0, 0.05) is 4.88 Å². The maximum atomic E-state index is 12.4. The van der Waals surface area contributed by atoms with E-state index in [1.54, 1.807) is 11.3 Å². The number of nitrogens with zero attached hydrogens (tertiary/aromatic N) is 1. The van der Waals surface area contributed by atoms with Crippen molar-refractivity contribution >= 4 is 22.9 Å². The van der Waals surface area contributed by atoms with Crippen LogP contribution in [0.15, 0.2) is 27.1 Å². The van der Waals surface area contributed by atoms with Crippen LogP contribution in [0.1, 0.15) is 36.8 Å². The molecule has 1 unspecified atom stereocenters.